The Bertz CT molecular complexity index is 857. The van der Waals surface area contributed by atoms with E-state index in [0.29, 0.717) is 38.3 Å². The van der Waals surface area contributed by atoms with Gasteiger partial charge in [0.2, 0.25) is 5.91 Å². The maximum absolute atomic E-state index is 13.3. The van der Waals surface area contributed by atoms with E-state index in [-0.39, 0.29) is 30.4 Å². The number of hydrogen-bond acceptors (Lipinski definition) is 4. The van der Waals surface area contributed by atoms with E-state index in [0.717, 1.165) is 5.56 Å². The standard InChI is InChI=1S/C21H24FN3O3.ClH/c22-17-5-2-4-16(12-17)19(26)25-18-6-1-3-15(11-18)13-24-20(27)21(14-23)7-9-28-10-8-21;/h1-6,11-12H,7-10,13-14,23H2,(H,24,27)(H,25,26);1H. The number of halogens is 2. The van der Waals surface area contributed by atoms with Crippen LogP contribution in [0.15, 0.2) is 48.5 Å². The number of nitrogens with one attached hydrogen (secondary N) is 2. The summed E-state index contributed by atoms with van der Waals surface area (Å²) in [7, 11) is 0. The summed E-state index contributed by atoms with van der Waals surface area (Å²) in [5, 5.41) is 5.68. The van der Waals surface area contributed by atoms with E-state index >= 15 is 0 Å². The number of nitrogens with two attached hydrogens (primary N) is 1. The summed E-state index contributed by atoms with van der Waals surface area (Å²) < 4.78 is 18.6. The Balaban J connectivity index is 0.00000300. The predicted molar refractivity (Wildman–Crippen MR) is 111 cm³/mol. The summed E-state index contributed by atoms with van der Waals surface area (Å²) in [4.78, 5) is 24.9. The van der Waals surface area contributed by atoms with Crippen LogP contribution in [0, 0.1) is 11.2 Å². The minimum absolute atomic E-state index is 0. The molecule has 6 nitrogen and oxygen atoms in total. The molecule has 8 heteroatoms. The lowest BCUT2D eigenvalue weighted by Gasteiger charge is -2.34. The molecule has 1 saturated heterocycles. The summed E-state index contributed by atoms with van der Waals surface area (Å²) in [6.45, 7) is 1.68. The Hall–Kier alpha value is -2.48. The Morgan fingerprint density at radius 2 is 1.83 bits per heavy atom. The van der Waals surface area contributed by atoms with Crippen LogP contribution in [0.25, 0.3) is 0 Å². The highest BCUT2D eigenvalue weighted by atomic mass is 35.5. The number of benzene rings is 2. The maximum Gasteiger partial charge on any atom is 0.255 e. The Morgan fingerprint density at radius 3 is 2.52 bits per heavy atom. The van der Waals surface area contributed by atoms with Crippen LogP contribution in [0.4, 0.5) is 10.1 Å². The number of ether oxygens (including phenoxy) is 1. The molecule has 0 saturated carbocycles. The third-order valence-corrected chi connectivity index (χ3v) is 5.05. The highest BCUT2D eigenvalue weighted by Crippen LogP contribution is 2.29. The average Bonchev–Trinajstić information content (AvgIpc) is 2.72. The van der Waals surface area contributed by atoms with Gasteiger partial charge in [-0.2, -0.15) is 0 Å². The SMILES string of the molecule is Cl.NCC1(C(=O)NCc2cccc(NC(=O)c3cccc(F)c3)c2)CCOCC1. The van der Waals surface area contributed by atoms with Crippen molar-refractivity contribution in [2.75, 3.05) is 25.1 Å². The van der Waals surface area contributed by atoms with Gasteiger partial charge in [-0.3, -0.25) is 9.59 Å². The zero-order chi connectivity index (χ0) is 20.0. The Morgan fingerprint density at radius 1 is 1.10 bits per heavy atom. The molecule has 29 heavy (non-hydrogen) atoms. The fourth-order valence-electron chi connectivity index (χ4n) is 3.25. The topological polar surface area (TPSA) is 93.5 Å². The number of anilines is 1. The predicted octanol–water partition coefficient (Wildman–Crippen LogP) is 2.87. The summed E-state index contributed by atoms with van der Waals surface area (Å²) in [6.07, 6.45) is 1.22. The first kappa shape index (κ1) is 22.8. The minimum atomic E-state index is -0.582. The van der Waals surface area contributed by atoms with Gasteiger partial charge in [-0.05, 0) is 48.7 Å². The molecule has 156 valence electrons. The van der Waals surface area contributed by atoms with Gasteiger partial charge >= 0.3 is 0 Å². The fraction of sp³-hybridized carbons (Fsp3) is 0.333. The van der Waals surface area contributed by atoms with Crippen LogP contribution in [0.3, 0.4) is 0 Å². The van der Waals surface area contributed by atoms with Crippen molar-refractivity contribution < 1.29 is 18.7 Å². The van der Waals surface area contributed by atoms with Gasteiger partial charge in [0.1, 0.15) is 5.82 Å². The first-order valence-electron chi connectivity index (χ1n) is 9.24. The molecule has 3 rings (SSSR count). The van der Waals surface area contributed by atoms with Gasteiger partial charge < -0.3 is 21.1 Å². The van der Waals surface area contributed by atoms with Gasteiger partial charge in [0, 0.05) is 37.6 Å². The van der Waals surface area contributed by atoms with Crippen LogP contribution >= 0.6 is 12.4 Å². The van der Waals surface area contributed by atoms with E-state index in [1.165, 1.54) is 18.2 Å². The lowest BCUT2D eigenvalue weighted by atomic mass is 9.79. The Labute approximate surface area is 175 Å². The highest BCUT2D eigenvalue weighted by molar-refractivity contribution is 6.04. The first-order chi connectivity index (χ1) is 13.5. The van der Waals surface area contributed by atoms with Gasteiger partial charge in [-0.25, -0.2) is 4.39 Å². The smallest absolute Gasteiger partial charge is 0.255 e. The van der Waals surface area contributed by atoms with Gasteiger partial charge in [-0.15, -0.1) is 12.4 Å². The summed E-state index contributed by atoms with van der Waals surface area (Å²) in [5.74, 6) is -0.941. The number of rotatable bonds is 6. The molecule has 2 aromatic rings. The Kier molecular flexibility index (Phi) is 8.13. The van der Waals surface area contributed by atoms with E-state index in [1.54, 1.807) is 24.3 Å². The second kappa shape index (κ2) is 10.3. The van der Waals surface area contributed by atoms with Crippen molar-refractivity contribution in [3.05, 3.63) is 65.5 Å². The molecule has 2 amide bonds. The van der Waals surface area contributed by atoms with Gasteiger partial charge in [-0.1, -0.05) is 18.2 Å². The van der Waals surface area contributed by atoms with Crippen molar-refractivity contribution in [1.82, 2.24) is 5.32 Å². The first-order valence-corrected chi connectivity index (χ1v) is 9.24. The molecule has 1 heterocycles. The number of carbonyl (C=O) groups excluding carboxylic acids is 2. The number of carbonyl (C=O) groups is 2. The van der Waals surface area contributed by atoms with Crippen LogP contribution in [0.1, 0.15) is 28.8 Å². The lowest BCUT2D eigenvalue weighted by molar-refractivity contribution is -0.136. The van der Waals surface area contributed by atoms with Crippen LogP contribution in [-0.2, 0) is 16.1 Å². The normalized spacial score (nSPS) is 15.1. The van der Waals surface area contributed by atoms with E-state index in [2.05, 4.69) is 10.6 Å². The second-order valence-electron chi connectivity index (χ2n) is 6.94. The molecular formula is C21H25ClFN3O3. The van der Waals surface area contributed by atoms with E-state index in [4.69, 9.17) is 10.5 Å². The molecule has 0 spiro atoms. The molecule has 0 aromatic heterocycles. The summed E-state index contributed by atoms with van der Waals surface area (Å²) in [5.41, 5.74) is 6.93. The van der Waals surface area contributed by atoms with Crippen molar-refractivity contribution in [2.45, 2.75) is 19.4 Å². The van der Waals surface area contributed by atoms with Gasteiger partial charge in [0.15, 0.2) is 0 Å². The van der Waals surface area contributed by atoms with Crippen molar-refractivity contribution in [3.8, 4) is 0 Å². The summed E-state index contributed by atoms with van der Waals surface area (Å²) in [6, 6.07) is 12.7. The van der Waals surface area contributed by atoms with Crippen LogP contribution in [0.5, 0.6) is 0 Å². The molecule has 1 fully saturated rings. The minimum Gasteiger partial charge on any atom is -0.381 e. The molecule has 0 radical (unpaired) electrons. The largest absolute Gasteiger partial charge is 0.381 e. The molecule has 0 aliphatic carbocycles. The van der Waals surface area contributed by atoms with Crippen molar-refractivity contribution in [1.29, 1.82) is 0 Å². The molecule has 4 N–H and O–H groups in total. The molecule has 1 aliphatic rings. The quantitative estimate of drug-likeness (QED) is 0.668. The van der Waals surface area contributed by atoms with Gasteiger partial charge in [0.25, 0.3) is 5.91 Å². The third-order valence-electron chi connectivity index (χ3n) is 5.05. The molecule has 0 atom stereocenters. The van der Waals surface area contributed by atoms with Crippen LogP contribution in [0.2, 0.25) is 0 Å². The molecule has 0 bridgehead atoms. The molecule has 0 unspecified atom stereocenters. The highest BCUT2D eigenvalue weighted by Gasteiger charge is 2.38. The van der Waals surface area contributed by atoms with Crippen LogP contribution in [-0.4, -0.2) is 31.6 Å². The van der Waals surface area contributed by atoms with Crippen molar-refractivity contribution in [3.63, 3.8) is 0 Å². The average molecular weight is 422 g/mol. The number of amides is 2. The summed E-state index contributed by atoms with van der Waals surface area (Å²) >= 11 is 0. The van der Waals surface area contributed by atoms with E-state index in [9.17, 15) is 14.0 Å². The van der Waals surface area contributed by atoms with Crippen molar-refractivity contribution in [2.24, 2.45) is 11.1 Å². The van der Waals surface area contributed by atoms with E-state index in [1.807, 2.05) is 6.07 Å². The van der Waals surface area contributed by atoms with E-state index < -0.39 is 17.1 Å². The third kappa shape index (κ3) is 5.76. The molecule has 1 aliphatic heterocycles. The zero-order valence-electron chi connectivity index (χ0n) is 15.9. The van der Waals surface area contributed by atoms with Crippen molar-refractivity contribution >= 4 is 29.9 Å². The monoisotopic (exact) mass is 421 g/mol. The lowest BCUT2D eigenvalue weighted by Crippen LogP contribution is -2.48. The molecule has 2 aromatic carbocycles. The fourth-order valence-corrected chi connectivity index (χ4v) is 3.25. The van der Waals surface area contributed by atoms with Gasteiger partial charge in [0.05, 0.1) is 5.41 Å². The maximum atomic E-state index is 13.3. The molecular weight excluding hydrogens is 397 g/mol. The van der Waals surface area contributed by atoms with Crippen LogP contribution < -0.4 is 16.4 Å². The number of hydrogen-bond donors (Lipinski definition) is 3. The zero-order valence-corrected chi connectivity index (χ0v) is 16.8. The second-order valence-corrected chi connectivity index (χ2v) is 6.94.